The number of ether oxygens (including phenoxy) is 1. The average Bonchev–Trinajstić information content (AvgIpc) is 2.57. The molecule has 7 nitrogen and oxygen atoms in total. The Hall–Kier alpha value is -3.22. The van der Waals surface area contributed by atoms with Crippen LogP contribution in [0, 0.1) is 0 Å². The van der Waals surface area contributed by atoms with Crippen LogP contribution >= 0.6 is 0 Å². The molecule has 1 aromatic carbocycles. The minimum Gasteiger partial charge on any atom is -0.439 e. The molecule has 116 valence electrons. The highest BCUT2D eigenvalue weighted by molar-refractivity contribution is 6.07. The van der Waals surface area contributed by atoms with Gasteiger partial charge in [-0.1, -0.05) is 12.1 Å². The monoisotopic (exact) mass is 310 g/mol. The molecule has 2 heterocycles. The standard InChI is InChI=1S/C16H14N4O3/c1-10-14(19-20-16(22)23-10)11-4-6-13(7-5-11)18-15(21)12-3-2-8-17-9-12/h2-10H,1H3,(H,18,21)(H,20,22). The molecule has 0 saturated carbocycles. The Bertz CT molecular complexity index is 757. The van der Waals surface area contributed by atoms with Crippen LogP contribution in [0.5, 0.6) is 0 Å². The van der Waals surface area contributed by atoms with Crippen LogP contribution in [0.1, 0.15) is 22.8 Å². The van der Waals surface area contributed by atoms with Gasteiger partial charge in [0.1, 0.15) is 11.8 Å². The van der Waals surface area contributed by atoms with E-state index < -0.39 is 12.2 Å². The molecular weight excluding hydrogens is 296 g/mol. The molecular formula is C16H14N4O3. The predicted molar refractivity (Wildman–Crippen MR) is 84.2 cm³/mol. The first kappa shape index (κ1) is 14.7. The summed E-state index contributed by atoms with van der Waals surface area (Å²) in [5.41, 5.74) is 4.84. The first-order chi connectivity index (χ1) is 11.1. The lowest BCUT2D eigenvalue weighted by atomic mass is 10.1. The number of rotatable bonds is 3. The molecule has 7 heteroatoms. The van der Waals surface area contributed by atoms with Crippen LogP contribution in [0.3, 0.4) is 0 Å². The number of hydrogen-bond donors (Lipinski definition) is 2. The predicted octanol–water partition coefficient (Wildman–Crippen LogP) is 2.17. The molecule has 2 amide bonds. The number of pyridine rings is 1. The van der Waals surface area contributed by atoms with Crippen molar-refractivity contribution in [2.75, 3.05) is 5.32 Å². The van der Waals surface area contributed by atoms with Crippen molar-refractivity contribution in [1.29, 1.82) is 0 Å². The number of carbonyl (C=O) groups is 2. The van der Waals surface area contributed by atoms with Crippen molar-refractivity contribution in [2.45, 2.75) is 13.0 Å². The number of hydrogen-bond acceptors (Lipinski definition) is 5. The van der Waals surface area contributed by atoms with E-state index >= 15 is 0 Å². The van der Waals surface area contributed by atoms with Gasteiger partial charge >= 0.3 is 6.09 Å². The molecule has 1 aliphatic rings. The second-order valence-corrected chi connectivity index (χ2v) is 4.93. The van der Waals surface area contributed by atoms with Crippen molar-refractivity contribution in [3.8, 4) is 0 Å². The van der Waals surface area contributed by atoms with Gasteiger partial charge in [-0.25, -0.2) is 10.2 Å². The molecule has 23 heavy (non-hydrogen) atoms. The number of benzene rings is 1. The summed E-state index contributed by atoms with van der Waals surface area (Å²) < 4.78 is 5.05. The minimum atomic E-state index is -0.568. The lowest BCUT2D eigenvalue weighted by Crippen LogP contribution is -2.37. The Morgan fingerprint density at radius 2 is 2.04 bits per heavy atom. The van der Waals surface area contributed by atoms with Gasteiger partial charge in [-0.2, -0.15) is 5.10 Å². The Morgan fingerprint density at radius 3 is 2.70 bits per heavy atom. The van der Waals surface area contributed by atoms with Crippen LogP contribution in [-0.4, -0.2) is 28.8 Å². The summed E-state index contributed by atoms with van der Waals surface area (Å²) >= 11 is 0. The van der Waals surface area contributed by atoms with E-state index in [2.05, 4.69) is 20.8 Å². The molecule has 1 aromatic heterocycles. The summed E-state index contributed by atoms with van der Waals surface area (Å²) in [6.45, 7) is 1.75. The maximum Gasteiger partial charge on any atom is 0.428 e. The van der Waals surface area contributed by atoms with E-state index in [1.165, 1.54) is 6.20 Å². The van der Waals surface area contributed by atoms with Gasteiger partial charge in [0.25, 0.3) is 5.91 Å². The van der Waals surface area contributed by atoms with Crippen LogP contribution in [0.15, 0.2) is 53.9 Å². The fraction of sp³-hybridized carbons (Fsp3) is 0.125. The van der Waals surface area contributed by atoms with Crippen molar-refractivity contribution >= 4 is 23.4 Å². The molecule has 2 N–H and O–H groups in total. The molecule has 0 radical (unpaired) electrons. The lowest BCUT2D eigenvalue weighted by molar-refractivity contribution is 0.102. The van der Waals surface area contributed by atoms with Crippen LogP contribution in [0.4, 0.5) is 10.5 Å². The van der Waals surface area contributed by atoms with Crippen LogP contribution < -0.4 is 10.7 Å². The van der Waals surface area contributed by atoms with Crippen molar-refractivity contribution in [3.63, 3.8) is 0 Å². The summed E-state index contributed by atoms with van der Waals surface area (Å²) in [5.74, 6) is -0.232. The molecule has 2 aromatic rings. The van der Waals surface area contributed by atoms with E-state index in [1.54, 1.807) is 49.5 Å². The highest BCUT2D eigenvalue weighted by Gasteiger charge is 2.22. The smallest absolute Gasteiger partial charge is 0.428 e. The van der Waals surface area contributed by atoms with Gasteiger partial charge in [-0.05, 0) is 31.2 Å². The average molecular weight is 310 g/mol. The second-order valence-electron chi connectivity index (χ2n) is 4.93. The first-order valence-corrected chi connectivity index (χ1v) is 6.99. The summed E-state index contributed by atoms with van der Waals surface area (Å²) in [7, 11) is 0. The zero-order chi connectivity index (χ0) is 16.2. The second kappa shape index (κ2) is 6.27. The van der Waals surface area contributed by atoms with Gasteiger partial charge in [-0.15, -0.1) is 0 Å². The minimum absolute atomic E-state index is 0.232. The van der Waals surface area contributed by atoms with Gasteiger partial charge < -0.3 is 10.1 Å². The molecule has 1 unspecified atom stereocenters. The number of hydrazone groups is 1. The van der Waals surface area contributed by atoms with Crippen molar-refractivity contribution < 1.29 is 14.3 Å². The van der Waals surface area contributed by atoms with E-state index in [0.29, 0.717) is 17.0 Å². The van der Waals surface area contributed by atoms with Crippen LogP contribution in [0.25, 0.3) is 0 Å². The quantitative estimate of drug-likeness (QED) is 0.908. The third-order valence-electron chi connectivity index (χ3n) is 3.30. The molecule has 1 atom stereocenters. The Balaban J connectivity index is 1.73. The van der Waals surface area contributed by atoms with Gasteiger partial charge in [0.2, 0.25) is 0 Å². The number of nitrogens with zero attached hydrogens (tertiary/aromatic N) is 2. The molecule has 0 aliphatic carbocycles. The highest BCUT2D eigenvalue weighted by atomic mass is 16.6. The van der Waals surface area contributed by atoms with E-state index in [4.69, 9.17) is 4.74 Å². The number of amides is 2. The van der Waals surface area contributed by atoms with E-state index in [0.717, 1.165) is 5.56 Å². The molecule has 3 rings (SSSR count). The van der Waals surface area contributed by atoms with E-state index in [1.807, 2.05) is 0 Å². The van der Waals surface area contributed by atoms with Gasteiger partial charge in [0.05, 0.1) is 5.56 Å². The van der Waals surface area contributed by atoms with Crippen molar-refractivity contribution in [1.82, 2.24) is 10.4 Å². The van der Waals surface area contributed by atoms with Crippen LogP contribution in [-0.2, 0) is 4.74 Å². The maximum atomic E-state index is 12.0. The molecule has 1 aliphatic heterocycles. The number of aromatic nitrogens is 1. The summed E-state index contributed by atoms with van der Waals surface area (Å²) in [6, 6.07) is 10.5. The zero-order valence-corrected chi connectivity index (χ0v) is 12.3. The molecule has 0 fully saturated rings. The third kappa shape index (κ3) is 3.34. The van der Waals surface area contributed by atoms with Crippen molar-refractivity contribution in [3.05, 3.63) is 59.9 Å². The normalized spacial score (nSPS) is 16.8. The number of anilines is 1. The summed E-state index contributed by atoms with van der Waals surface area (Å²) in [4.78, 5) is 27.0. The van der Waals surface area contributed by atoms with Gasteiger partial charge in [-0.3, -0.25) is 9.78 Å². The Kier molecular flexibility index (Phi) is 4.01. The zero-order valence-electron chi connectivity index (χ0n) is 12.3. The first-order valence-electron chi connectivity index (χ1n) is 6.99. The Morgan fingerprint density at radius 1 is 1.26 bits per heavy atom. The third-order valence-corrected chi connectivity index (χ3v) is 3.30. The fourth-order valence-corrected chi connectivity index (χ4v) is 2.16. The van der Waals surface area contributed by atoms with Crippen molar-refractivity contribution in [2.24, 2.45) is 5.10 Å². The fourth-order valence-electron chi connectivity index (χ4n) is 2.16. The topological polar surface area (TPSA) is 92.7 Å². The van der Waals surface area contributed by atoms with Gasteiger partial charge in [0.15, 0.2) is 0 Å². The molecule has 0 saturated heterocycles. The summed E-state index contributed by atoms with van der Waals surface area (Å²) in [5, 5.41) is 6.78. The largest absolute Gasteiger partial charge is 0.439 e. The van der Waals surface area contributed by atoms with Gasteiger partial charge in [0, 0.05) is 23.6 Å². The number of carbonyl (C=O) groups excluding carboxylic acids is 2. The molecule has 0 spiro atoms. The van der Waals surface area contributed by atoms with Crippen LogP contribution in [0.2, 0.25) is 0 Å². The van der Waals surface area contributed by atoms with E-state index in [9.17, 15) is 9.59 Å². The maximum absolute atomic E-state index is 12.0. The lowest BCUT2D eigenvalue weighted by Gasteiger charge is -2.20. The Labute approximate surface area is 132 Å². The SMILES string of the molecule is CC1OC(=O)NN=C1c1ccc(NC(=O)c2cccnc2)cc1. The van der Waals surface area contributed by atoms with E-state index in [-0.39, 0.29) is 5.91 Å². The highest BCUT2D eigenvalue weighted by Crippen LogP contribution is 2.15. The number of cyclic esters (lactones) is 1. The number of nitrogens with one attached hydrogen (secondary N) is 2. The summed E-state index contributed by atoms with van der Waals surface area (Å²) in [6.07, 6.45) is 2.11. The molecule has 0 bridgehead atoms.